The summed E-state index contributed by atoms with van der Waals surface area (Å²) in [5, 5.41) is 2.59. The molecule has 4 heteroatoms. The van der Waals surface area contributed by atoms with Crippen LogP contribution < -0.4 is 5.32 Å². The van der Waals surface area contributed by atoms with Crippen molar-refractivity contribution in [3.05, 3.63) is 36.4 Å². The monoisotopic (exact) mass is 177 g/mol. The molecule has 0 aromatic carbocycles. The number of carbonyl (C=O) groups is 1. The van der Waals surface area contributed by atoms with E-state index in [1.165, 1.54) is 6.08 Å². The van der Waals surface area contributed by atoms with E-state index in [4.69, 9.17) is 0 Å². The van der Waals surface area contributed by atoms with Crippen molar-refractivity contribution in [1.29, 1.82) is 0 Å². The molecule has 0 unspecified atom stereocenters. The maximum atomic E-state index is 10.8. The second-order valence-electron chi connectivity index (χ2n) is 2.60. The Hall–Kier alpha value is -1.71. The molecule has 0 aliphatic heterocycles. The van der Waals surface area contributed by atoms with Gasteiger partial charge in [0.25, 0.3) is 0 Å². The zero-order valence-corrected chi connectivity index (χ0v) is 7.45. The third-order valence-corrected chi connectivity index (χ3v) is 1.44. The van der Waals surface area contributed by atoms with Crippen LogP contribution in [0.2, 0.25) is 0 Å². The number of nitrogens with one attached hydrogen (secondary N) is 1. The minimum atomic E-state index is -0.218. The van der Waals surface area contributed by atoms with Crippen LogP contribution in [0.15, 0.2) is 25.0 Å². The number of hydrogen-bond donors (Lipinski definition) is 1. The summed E-state index contributed by atoms with van der Waals surface area (Å²) < 4.78 is 0. The van der Waals surface area contributed by atoms with Crippen molar-refractivity contribution in [1.82, 2.24) is 15.3 Å². The van der Waals surface area contributed by atoms with E-state index >= 15 is 0 Å². The van der Waals surface area contributed by atoms with Crippen molar-refractivity contribution in [3.8, 4) is 0 Å². The number of aryl methyl sites for hydroxylation is 1. The van der Waals surface area contributed by atoms with Crippen molar-refractivity contribution in [2.45, 2.75) is 13.5 Å². The SMILES string of the molecule is C=CC(=O)NCc1ncc(C)cn1. The minimum absolute atomic E-state index is 0.218. The van der Waals surface area contributed by atoms with Crippen LogP contribution in [0.4, 0.5) is 0 Å². The minimum Gasteiger partial charge on any atom is -0.345 e. The number of amides is 1. The van der Waals surface area contributed by atoms with E-state index < -0.39 is 0 Å². The first-order chi connectivity index (χ1) is 6.22. The molecule has 0 atom stereocenters. The fraction of sp³-hybridized carbons (Fsp3) is 0.222. The average Bonchev–Trinajstić information content (AvgIpc) is 2.16. The quantitative estimate of drug-likeness (QED) is 0.687. The smallest absolute Gasteiger partial charge is 0.243 e. The van der Waals surface area contributed by atoms with Gasteiger partial charge in [-0.05, 0) is 18.6 Å². The summed E-state index contributed by atoms with van der Waals surface area (Å²) in [7, 11) is 0. The molecule has 1 amide bonds. The van der Waals surface area contributed by atoms with Gasteiger partial charge in [-0.3, -0.25) is 4.79 Å². The molecule has 68 valence electrons. The Labute approximate surface area is 76.7 Å². The van der Waals surface area contributed by atoms with Gasteiger partial charge in [-0.15, -0.1) is 0 Å². The Balaban J connectivity index is 2.50. The van der Waals surface area contributed by atoms with Crippen LogP contribution in [-0.2, 0) is 11.3 Å². The molecule has 0 aliphatic rings. The summed E-state index contributed by atoms with van der Waals surface area (Å²) in [4.78, 5) is 18.8. The molecular weight excluding hydrogens is 166 g/mol. The molecular formula is C9H11N3O. The molecule has 13 heavy (non-hydrogen) atoms. The van der Waals surface area contributed by atoms with Gasteiger partial charge < -0.3 is 5.32 Å². The van der Waals surface area contributed by atoms with Gasteiger partial charge in [0, 0.05) is 12.4 Å². The van der Waals surface area contributed by atoms with Gasteiger partial charge in [-0.25, -0.2) is 9.97 Å². The highest BCUT2D eigenvalue weighted by Gasteiger charge is 1.97. The first kappa shape index (κ1) is 9.38. The van der Waals surface area contributed by atoms with Crippen molar-refractivity contribution >= 4 is 5.91 Å². The lowest BCUT2D eigenvalue weighted by Crippen LogP contribution is -2.21. The second-order valence-corrected chi connectivity index (χ2v) is 2.60. The van der Waals surface area contributed by atoms with Gasteiger partial charge in [0.1, 0.15) is 5.82 Å². The van der Waals surface area contributed by atoms with Gasteiger partial charge in [-0.1, -0.05) is 6.58 Å². The highest BCUT2D eigenvalue weighted by Crippen LogP contribution is 1.92. The Bertz CT molecular complexity index is 305. The summed E-state index contributed by atoms with van der Waals surface area (Å²) >= 11 is 0. The van der Waals surface area contributed by atoms with E-state index in [1.54, 1.807) is 12.4 Å². The predicted octanol–water partition coefficient (Wildman–Crippen LogP) is 0.587. The number of carbonyl (C=O) groups excluding carboxylic acids is 1. The molecule has 0 saturated carbocycles. The normalized spacial score (nSPS) is 9.31. The topological polar surface area (TPSA) is 54.9 Å². The molecule has 1 rings (SSSR count). The molecule has 0 radical (unpaired) electrons. The Morgan fingerprint density at radius 2 is 2.23 bits per heavy atom. The third-order valence-electron chi connectivity index (χ3n) is 1.44. The molecule has 0 spiro atoms. The van der Waals surface area contributed by atoms with E-state index in [0.717, 1.165) is 5.56 Å². The van der Waals surface area contributed by atoms with Crippen LogP contribution in [0.25, 0.3) is 0 Å². The van der Waals surface area contributed by atoms with Crippen LogP contribution in [0.5, 0.6) is 0 Å². The van der Waals surface area contributed by atoms with Gasteiger partial charge in [0.2, 0.25) is 5.91 Å². The predicted molar refractivity (Wildman–Crippen MR) is 48.8 cm³/mol. The zero-order chi connectivity index (χ0) is 9.68. The molecule has 0 aliphatic carbocycles. The summed E-state index contributed by atoms with van der Waals surface area (Å²) in [6, 6.07) is 0. The van der Waals surface area contributed by atoms with Gasteiger partial charge in [0.05, 0.1) is 6.54 Å². The van der Waals surface area contributed by atoms with Crippen LogP contribution in [-0.4, -0.2) is 15.9 Å². The largest absolute Gasteiger partial charge is 0.345 e. The summed E-state index contributed by atoms with van der Waals surface area (Å²) in [6.45, 7) is 5.58. The first-order valence-corrected chi connectivity index (χ1v) is 3.90. The maximum absolute atomic E-state index is 10.8. The summed E-state index contributed by atoms with van der Waals surface area (Å²) in [6.07, 6.45) is 4.64. The Kier molecular flexibility index (Phi) is 3.14. The number of rotatable bonds is 3. The molecule has 1 aromatic heterocycles. The lowest BCUT2D eigenvalue weighted by atomic mass is 10.4. The molecule has 0 saturated heterocycles. The van der Waals surface area contributed by atoms with Crippen molar-refractivity contribution in [2.75, 3.05) is 0 Å². The lowest BCUT2D eigenvalue weighted by molar-refractivity contribution is -0.116. The van der Waals surface area contributed by atoms with Crippen LogP contribution in [0.1, 0.15) is 11.4 Å². The molecule has 1 heterocycles. The molecule has 1 N–H and O–H groups in total. The van der Waals surface area contributed by atoms with Gasteiger partial charge in [0.15, 0.2) is 0 Å². The summed E-state index contributed by atoms with van der Waals surface area (Å²) in [5.41, 5.74) is 0.999. The number of aromatic nitrogens is 2. The van der Waals surface area contributed by atoms with Gasteiger partial charge >= 0.3 is 0 Å². The molecule has 0 bridgehead atoms. The van der Waals surface area contributed by atoms with E-state index in [9.17, 15) is 4.79 Å². The fourth-order valence-corrected chi connectivity index (χ4v) is 0.749. The fourth-order valence-electron chi connectivity index (χ4n) is 0.749. The van der Waals surface area contributed by atoms with Gasteiger partial charge in [-0.2, -0.15) is 0 Å². The second kappa shape index (κ2) is 4.35. The first-order valence-electron chi connectivity index (χ1n) is 3.90. The lowest BCUT2D eigenvalue weighted by Gasteiger charge is -2.00. The Morgan fingerprint density at radius 1 is 1.62 bits per heavy atom. The third kappa shape index (κ3) is 3.02. The van der Waals surface area contributed by atoms with Crippen molar-refractivity contribution in [3.63, 3.8) is 0 Å². The highest BCUT2D eigenvalue weighted by molar-refractivity contribution is 5.86. The standard InChI is InChI=1S/C9H11N3O/c1-3-9(13)12-6-8-10-4-7(2)5-11-8/h3-5H,1,6H2,2H3,(H,12,13). The van der Waals surface area contributed by atoms with E-state index in [2.05, 4.69) is 21.9 Å². The van der Waals surface area contributed by atoms with Crippen molar-refractivity contribution in [2.24, 2.45) is 0 Å². The van der Waals surface area contributed by atoms with E-state index in [0.29, 0.717) is 12.4 Å². The van der Waals surface area contributed by atoms with E-state index in [1.807, 2.05) is 6.92 Å². The number of nitrogens with zero attached hydrogens (tertiary/aromatic N) is 2. The Morgan fingerprint density at radius 3 is 2.77 bits per heavy atom. The maximum Gasteiger partial charge on any atom is 0.243 e. The van der Waals surface area contributed by atoms with Crippen LogP contribution in [0, 0.1) is 6.92 Å². The number of hydrogen-bond acceptors (Lipinski definition) is 3. The van der Waals surface area contributed by atoms with Crippen molar-refractivity contribution < 1.29 is 4.79 Å². The highest BCUT2D eigenvalue weighted by atomic mass is 16.1. The molecule has 0 fully saturated rings. The molecule has 1 aromatic rings. The average molecular weight is 177 g/mol. The van der Waals surface area contributed by atoms with E-state index in [-0.39, 0.29) is 5.91 Å². The van der Waals surface area contributed by atoms with Crippen LogP contribution in [0.3, 0.4) is 0 Å². The van der Waals surface area contributed by atoms with Crippen LogP contribution >= 0.6 is 0 Å². The molecule has 4 nitrogen and oxygen atoms in total. The summed E-state index contributed by atoms with van der Waals surface area (Å²) in [5.74, 6) is 0.380. The zero-order valence-electron chi connectivity index (χ0n) is 7.45.